The smallest absolute Gasteiger partial charge is 0.126 e. The maximum Gasteiger partial charge on any atom is 0.126 e. The van der Waals surface area contributed by atoms with Crippen LogP contribution in [0.3, 0.4) is 0 Å². The first-order valence-corrected chi connectivity index (χ1v) is 5.54. The Bertz CT molecular complexity index is 342. The van der Waals surface area contributed by atoms with E-state index in [1.165, 1.54) is 25.0 Å². The summed E-state index contributed by atoms with van der Waals surface area (Å²) in [5.74, 6) is 0.119. The number of halogens is 1. The predicted octanol–water partition coefficient (Wildman–Crippen LogP) is 1.32. The largest absolute Gasteiger partial charge is 0.491 e. The number of hydrogen-bond acceptors (Lipinski definition) is 3. The summed E-state index contributed by atoms with van der Waals surface area (Å²) in [6.45, 7) is 0.711. The second-order valence-corrected chi connectivity index (χ2v) is 4.10. The van der Waals surface area contributed by atoms with Crippen LogP contribution in [0.2, 0.25) is 0 Å². The second-order valence-electron chi connectivity index (χ2n) is 4.10. The van der Waals surface area contributed by atoms with Crippen molar-refractivity contribution in [3.05, 3.63) is 30.1 Å². The third-order valence-electron chi connectivity index (χ3n) is 2.46. The summed E-state index contributed by atoms with van der Waals surface area (Å²) in [5, 5.41) is 12.8. The molecule has 1 aromatic carbocycles. The van der Waals surface area contributed by atoms with Crippen molar-refractivity contribution in [1.29, 1.82) is 0 Å². The highest BCUT2D eigenvalue weighted by molar-refractivity contribution is 5.22. The van der Waals surface area contributed by atoms with Crippen LogP contribution in [0.5, 0.6) is 5.75 Å². The fourth-order valence-electron chi connectivity index (χ4n) is 1.40. The summed E-state index contributed by atoms with van der Waals surface area (Å²) < 4.78 is 18.1. The van der Waals surface area contributed by atoms with Gasteiger partial charge in [0.15, 0.2) is 0 Å². The lowest BCUT2D eigenvalue weighted by Crippen LogP contribution is -2.32. The van der Waals surface area contributed by atoms with Gasteiger partial charge in [0.1, 0.15) is 24.3 Å². The van der Waals surface area contributed by atoms with Crippen LogP contribution in [0, 0.1) is 5.82 Å². The number of ether oxygens (including phenoxy) is 1. The Morgan fingerprint density at radius 2 is 2.31 bits per heavy atom. The summed E-state index contributed by atoms with van der Waals surface area (Å²) in [4.78, 5) is 0. The summed E-state index contributed by atoms with van der Waals surface area (Å²) in [6.07, 6.45) is 1.83. The van der Waals surface area contributed by atoms with Gasteiger partial charge >= 0.3 is 0 Å². The van der Waals surface area contributed by atoms with E-state index >= 15 is 0 Å². The number of hydrogen-bond donors (Lipinski definition) is 2. The van der Waals surface area contributed by atoms with Gasteiger partial charge in [0.05, 0.1) is 0 Å². The molecule has 0 heterocycles. The van der Waals surface area contributed by atoms with Gasteiger partial charge in [0.25, 0.3) is 0 Å². The molecule has 4 heteroatoms. The SMILES string of the molecule is OC(CNC1CC1)COc1cccc(F)c1. The van der Waals surface area contributed by atoms with Gasteiger partial charge in [-0.15, -0.1) is 0 Å². The van der Waals surface area contributed by atoms with E-state index in [-0.39, 0.29) is 12.4 Å². The number of benzene rings is 1. The first-order chi connectivity index (χ1) is 7.74. The van der Waals surface area contributed by atoms with E-state index < -0.39 is 6.10 Å². The van der Waals surface area contributed by atoms with Crippen molar-refractivity contribution in [2.45, 2.75) is 25.0 Å². The highest BCUT2D eigenvalue weighted by atomic mass is 19.1. The molecule has 1 aliphatic carbocycles. The molecule has 1 saturated carbocycles. The number of rotatable bonds is 6. The molecular formula is C12H16FNO2. The van der Waals surface area contributed by atoms with Gasteiger partial charge in [-0.1, -0.05) is 6.07 Å². The van der Waals surface area contributed by atoms with Crippen LogP contribution in [0.1, 0.15) is 12.8 Å². The predicted molar refractivity (Wildman–Crippen MR) is 58.9 cm³/mol. The third kappa shape index (κ3) is 3.79. The maximum absolute atomic E-state index is 12.8. The molecule has 1 aromatic rings. The van der Waals surface area contributed by atoms with E-state index in [1.807, 2.05) is 0 Å². The number of aliphatic hydroxyl groups excluding tert-OH is 1. The first-order valence-electron chi connectivity index (χ1n) is 5.54. The standard InChI is InChI=1S/C12H16FNO2/c13-9-2-1-3-12(6-9)16-8-11(15)7-14-10-4-5-10/h1-3,6,10-11,14-15H,4-5,7-8H2. The first kappa shape index (κ1) is 11.4. The molecular weight excluding hydrogens is 209 g/mol. The van der Waals surface area contributed by atoms with E-state index in [0.29, 0.717) is 18.3 Å². The van der Waals surface area contributed by atoms with Crippen molar-refractivity contribution in [2.75, 3.05) is 13.2 Å². The van der Waals surface area contributed by atoms with E-state index in [4.69, 9.17) is 4.74 Å². The molecule has 1 fully saturated rings. The number of nitrogens with one attached hydrogen (secondary N) is 1. The summed E-state index contributed by atoms with van der Waals surface area (Å²) in [6, 6.07) is 6.49. The molecule has 88 valence electrons. The fourth-order valence-corrected chi connectivity index (χ4v) is 1.40. The van der Waals surface area contributed by atoms with Gasteiger partial charge in [0, 0.05) is 18.7 Å². The van der Waals surface area contributed by atoms with Crippen LogP contribution in [0.25, 0.3) is 0 Å². The van der Waals surface area contributed by atoms with Crippen LogP contribution < -0.4 is 10.1 Å². The lowest BCUT2D eigenvalue weighted by molar-refractivity contribution is 0.106. The van der Waals surface area contributed by atoms with Crippen LogP contribution in [-0.4, -0.2) is 30.4 Å². The quantitative estimate of drug-likeness (QED) is 0.767. The van der Waals surface area contributed by atoms with Crippen LogP contribution >= 0.6 is 0 Å². The highest BCUT2D eigenvalue weighted by Crippen LogP contribution is 2.18. The van der Waals surface area contributed by atoms with Crippen molar-refractivity contribution in [2.24, 2.45) is 0 Å². The Hall–Kier alpha value is -1.13. The normalized spacial score (nSPS) is 17.1. The van der Waals surface area contributed by atoms with Gasteiger partial charge in [-0.2, -0.15) is 0 Å². The second kappa shape index (κ2) is 5.27. The average molecular weight is 225 g/mol. The molecule has 1 atom stereocenters. The van der Waals surface area contributed by atoms with E-state index in [9.17, 15) is 9.50 Å². The molecule has 16 heavy (non-hydrogen) atoms. The monoisotopic (exact) mass is 225 g/mol. The molecule has 0 aliphatic heterocycles. The average Bonchev–Trinajstić information content (AvgIpc) is 3.07. The Morgan fingerprint density at radius 3 is 3.00 bits per heavy atom. The third-order valence-corrected chi connectivity index (χ3v) is 2.46. The molecule has 0 radical (unpaired) electrons. The van der Waals surface area contributed by atoms with E-state index in [1.54, 1.807) is 12.1 Å². The minimum Gasteiger partial charge on any atom is -0.491 e. The lowest BCUT2D eigenvalue weighted by atomic mass is 10.3. The van der Waals surface area contributed by atoms with E-state index in [2.05, 4.69) is 5.32 Å². The van der Waals surface area contributed by atoms with Crippen LogP contribution in [0.4, 0.5) is 4.39 Å². The van der Waals surface area contributed by atoms with Crippen molar-refractivity contribution in [3.8, 4) is 5.75 Å². The zero-order valence-corrected chi connectivity index (χ0v) is 9.03. The summed E-state index contributed by atoms with van der Waals surface area (Å²) in [5.41, 5.74) is 0. The fraction of sp³-hybridized carbons (Fsp3) is 0.500. The Kier molecular flexibility index (Phi) is 3.74. The topological polar surface area (TPSA) is 41.5 Å². The Labute approximate surface area is 94.2 Å². The minimum atomic E-state index is -0.552. The van der Waals surface area contributed by atoms with Crippen molar-refractivity contribution in [3.63, 3.8) is 0 Å². The molecule has 0 spiro atoms. The molecule has 0 amide bonds. The summed E-state index contributed by atoms with van der Waals surface area (Å²) >= 11 is 0. The van der Waals surface area contributed by atoms with Gasteiger partial charge in [-0.25, -0.2) is 4.39 Å². The molecule has 1 aliphatic rings. The minimum absolute atomic E-state index is 0.184. The molecule has 2 N–H and O–H groups in total. The van der Waals surface area contributed by atoms with Gasteiger partial charge in [-0.05, 0) is 25.0 Å². The zero-order valence-electron chi connectivity index (χ0n) is 9.03. The van der Waals surface area contributed by atoms with Crippen LogP contribution in [-0.2, 0) is 0 Å². The van der Waals surface area contributed by atoms with Gasteiger partial charge in [-0.3, -0.25) is 0 Å². The lowest BCUT2D eigenvalue weighted by Gasteiger charge is -2.12. The zero-order chi connectivity index (χ0) is 11.4. The molecule has 0 bridgehead atoms. The molecule has 2 rings (SSSR count). The molecule has 1 unspecified atom stereocenters. The summed E-state index contributed by atoms with van der Waals surface area (Å²) in [7, 11) is 0. The molecule has 0 aromatic heterocycles. The maximum atomic E-state index is 12.8. The van der Waals surface area contributed by atoms with Gasteiger partial charge < -0.3 is 15.2 Å². The van der Waals surface area contributed by atoms with E-state index in [0.717, 1.165) is 0 Å². The van der Waals surface area contributed by atoms with Crippen molar-refractivity contribution in [1.82, 2.24) is 5.32 Å². The van der Waals surface area contributed by atoms with Crippen molar-refractivity contribution >= 4 is 0 Å². The molecule has 0 saturated heterocycles. The number of aliphatic hydroxyl groups is 1. The van der Waals surface area contributed by atoms with Crippen molar-refractivity contribution < 1.29 is 14.2 Å². The molecule has 3 nitrogen and oxygen atoms in total. The Morgan fingerprint density at radius 1 is 1.50 bits per heavy atom. The van der Waals surface area contributed by atoms with Crippen LogP contribution in [0.15, 0.2) is 24.3 Å². The Balaban J connectivity index is 1.69. The van der Waals surface area contributed by atoms with Gasteiger partial charge in [0.2, 0.25) is 0 Å². The highest BCUT2D eigenvalue weighted by Gasteiger charge is 2.21.